The fraction of sp³-hybridized carbons (Fsp3) is 0.400. The predicted octanol–water partition coefficient (Wildman–Crippen LogP) is 4.36. The molecule has 0 aliphatic carbocycles. The number of halogens is 1. The smallest absolute Gasteiger partial charge is 0.129 e. The topological polar surface area (TPSA) is 24.9 Å². The second-order valence-electron chi connectivity index (χ2n) is 4.70. The van der Waals surface area contributed by atoms with Crippen LogP contribution in [0.2, 0.25) is 0 Å². The third-order valence-electron chi connectivity index (χ3n) is 2.99. The Morgan fingerprint density at radius 2 is 2.11 bits per heavy atom. The number of alkyl halides is 1. The fourth-order valence-corrected chi connectivity index (χ4v) is 2.15. The van der Waals surface area contributed by atoms with E-state index in [0.29, 0.717) is 0 Å². The number of fused-ring (bicyclic) bond motifs is 1. The summed E-state index contributed by atoms with van der Waals surface area (Å²) in [5.41, 5.74) is 2.23. The summed E-state index contributed by atoms with van der Waals surface area (Å²) < 4.78 is 0. The summed E-state index contributed by atoms with van der Waals surface area (Å²) in [5.74, 6) is 0.982. The summed E-state index contributed by atoms with van der Waals surface area (Å²) in [6, 6.07) is 10.4. The quantitative estimate of drug-likeness (QED) is 0.640. The Balaban J connectivity index is 2.06. The van der Waals surface area contributed by atoms with Gasteiger partial charge in [0.15, 0.2) is 0 Å². The molecule has 2 rings (SSSR count). The van der Waals surface area contributed by atoms with Gasteiger partial charge in [-0.15, -0.1) is 11.6 Å². The second-order valence-corrected chi connectivity index (χ2v) is 5.44. The van der Waals surface area contributed by atoms with Crippen LogP contribution in [-0.2, 0) is 0 Å². The summed E-state index contributed by atoms with van der Waals surface area (Å²) >= 11 is 5.93. The number of para-hydroxylation sites is 1. The second kappa shape index (κ2) is 6.05. The van der Waals surface area contributed by atoms with Crippen molar-refractivity contribution in [3.8, 4) is 0 Å². The maximum atomic E-state index is 5.93. The molecule has 0 fully saturated rings. The molecule has 1 aromatic carbocycles. The zero-order valence-corrected chi connectivity index (χ0v) is 11.7. The highest BCUT2D eigenvalue weighted by atomic mass is 35.5. The lowest BCUT2D eigenvalue weighted by molar-refractivity contribution is 0.749. The summed E-state index contributed by atoms with van der Waals surface area (Å²) in [7, 11) is 0. The molecule has 18 heavy (non-hydrogen) atoms. The van der Waals surface area contributed by atoms with Crippen molar-refractivity contribution >= 4 is 28.3 Å². The van der Waals surface area contributed by atoms with E-state index in [0.717, 1.165) is 30.7 Å². The van der Waals surface area contributed by atoms with Gasteiger partial charge in [-0.3, -0.25) is 0 Å². The van der Waals surface area contributed by atoms with Gasteiger partial charge in [-0.25, -0.2) is 4.98 Å². The Morgan fingerprint density at radius 3 is 2.89 bits per heavy atom. The van der Waals surface area contributed by atoms with Gasteiger partial charge in [-0.1, -0.05) is 18.2 Å². The lowest BCUT2D eigenvalue weighted by Crippen LogP contribution is -2.06. The summed E-state index contributed by atoms with van der Waals surface area (Å²) in [6.45, 7) is 5.04. The molecule has 1 unspecified atom stereocenters. The largest absolute Gasteiger partial charge is 0.370 e. The van der Waals surface area contributed by atoms with E-state index in [1.807, 2.05) is 25.1 Å². The Bertz CT molecular complexity index is 523. The van der Waals surface area contributed by atoms with Crippen LogP contribution in [-0.4, -0.2) is 16.9 Å². The number of nitrogens with zero attached hydrogens (tertiary/aromatic N) is 1. The van der Waals surface area contributed by atoms with Gasteiger partial charge in [0.25, 0.3) is 0 Å². The van der Waals surface area contributed by atoms with E-state index in [9.17, 15) is 0 Å². The lowest BCUT2D eigenvalue weighted by atomic mass is 10.1. The SMILES string of the molecule is Cc1cc2ccccc2nc1NCCCC(C)Cl. The van der Waals surface area contributed by atoms with Crippen LogP contribution >= 0.6 is 11.6 Å². The number of hydrogen-bond acceptors (Lipinski definition) is 2. The summed E-state index contributed by atoms with van der Waals surface area (Å²) in [4.78, 5) is 4.65. The van der Waals surface area contributed by atoms with Gasteiger partial charge >= 0.3 is 0 Å². The van der Waals surface area contributed by atoms with Crippen LogP contribution in [0.25, 0.3) is 10.9 Å². The fourth-order valence-electron chi connectivity index (χ4n) is 1.99. The van der Waals surface area contributed by atoms with Gasteiger partial charge in [0.05, 0.1) is 5.52 Å². The average molecular weight is 263 g/mol. The lowest BCUT2D eigenvalue weighted by Gasteiger charge is -2.10. The predicted molar refractivity (Wildman–Crippen MR) is 79.5 cm³/mol. The first-order valence-corrected chi connectivity index (χ1v) is 6.85. The first-order chi connectivity index (χ1) is 8.66. The molecule has 0 amide bonds. The maximum absolute atomic E-state index is 5.93. The first-order valence-electron chi connectivity index (χ1n) is 6.41. The van der Waals surface area contributed by atoms with Gasteiger partial charge in [-0.05, 0) is 44.4 Å². The van der Waals surface area contributed by atoms with E-state index in [4.69, 9.17) is 11.6 Å². The number of anilines is 1. The van der Waals surface area contributed by atoms with E-state index < -0.39 is 0 Å². The van der Waals surface area contributed by atoms with Crippen molar-refractivity contribution < 1.29 is 0 Å². The molecule has 0 saturated carbocycles. The molecule has 1 atom stereocenters. The molecule has 1 N–H and O–H groups in total. The van der Waals surface area contributed by atoms with Gasteiger partial charge in [0, 0.05) is 17.3 Å². The number of aromatic nitrogens is 1. The zero-order chi connectivity index (χ0) is 13.0. The van der Waals surface area contributed by atoms with Gasteiger partial charge in [0.1, 0.15) is 5.82 Å². The molecule has 96 valence electrons. The molecule has 3 heteroatoms. The van der Waals surface area contributed by atoms with Gasteiger partial charge < -0.3 is 5.32 Å². The Kier molecular flexibility index (Phi) is 4.43. The molecule has 2 aromatic rings. The number of aryl methyl sites for hydroxylation is 1. The first kappa shape index (κ1) is 13.2. The van der Waals surface area contributed by atoms with Crippen LogP contribution in [0, 0.1) is 6.92 Å². The van der Waals surface area contributed by atoms with Crippen molar-refractivity contribution in [2.24, 2.45) is 0 Å². The summed E-state index contributed by atoms with van der Waals surface area (Å²) in [6.07, 6.45) is 2.10. The van der Waals surface area contributed by atoms with Crippen molar-refractivity contribution in [1.82, 2.24) is 4.98 Å². The third kappa shape index (κ3) is 3.36. The minimum atomic E-state index is 0.248. The maximum Gasteiger partial charge on any atom is 0.129 e. The molecule has 0 bridgehead atoms. The number of hydrogen-bond donors (Lipinski definition) is 1. The highest BCUT2D eigenvalue weighted by Crippen LogP contribution is 2.19. The van der Waals surface area contributed by atoms with Crippen molar-refractivity contribution in [2.75, 3.05) is 11.9 Å². The van der Waals surface area contributed by atoms with Crippen LogP contribution < -0.4 is 5.32 Å². The Hall–Kier alpha value is -1.28. The van der Waals surface area contributed by atoms with Gasteiger partial charge in [-0.2, -0.15) is 0 Å². The van der Waals surface area contributed by atoms with Gasteiger partial charge in [0.2, 0.25) is 0 Å². The third-order valence-corrected chi connectivity index (χ3v) is 3.20. The van der Waals surface area contributed by atoms with Crippen LogP contribution in [0.4, 0.5) is 5.82 Å². The van der Waals surface area contributed by atoms with Crippen LogP contribution in [0.1, 0.15) is 25.3 Å². The molecule has 0 saturated heterocycles. The molecule has 0 aliphatic heterocycles. The summed E-state index contributed by atoms with van der Waals surface area (Å²) in [5, 5.41) is 4.83. The molecule has 2 nitrogen and oxygen atoms in total. The van der Waals surface area contributed by atoms with Crippen LogP contribution in [0.5, 0.6) is 0 Å². The van der Waals surface area contributed by atoms with E-state index in [-0.39, 0.29) is 5.38 Å². The number of pyridine rings is 1. The molecule has 1 aromatic heterocycles. The Labute approximate surface area is 113 Å². The minimum absolute atomic E-state index is 0.248. The van der Waals surface area contributed by atoms with E-state index in [1.165, 1.54) is 10.9 Å². The number of benzene rings is 1. The van der Waals surface area contributed by atoms with Crippen molar-refractivity contribution in [2.45, 2.75) is 32.1 Å². The standard InChI is InChI=1S/C15H19ClN2/c1-11-10-13-7-3-4-8-14(13)18-15(11)17-9-5-6-12(2)16/h3-4,7-8,10,12H,5-6,9H2,1-2H3,(H,17,18). The van der Waals surface area contributed by atoms with Crippen LogP contribution in [0.15, 0.2) is 30.3 Å². The number of nitrogens with one attached hydrogen (secondary N) is 1. The molecule has 1 heterocycles. The van der Waals surface area contributed by atoms with E-state index in [2.05, 4.69) is 29.4 Å². The highest BCUT2D eigenvalue weighted by Gasteiger charge is 2.03. The minimum Gasteiger partial charge on any atom is -0.370 e. The number of rotatable bonds is 5. The zero-order valence-electron chi connectivity index (χ0n) is 10.9. The van der Waals surface area contributed by atoms with E-state index in [1.54, 1.807) is 0 Å². The Morgan fingerprint density at radius 1 is 1.33 bits per heavy atom. The van der Waals surface area contributed by atoms with E-state index >= 15 is 0 Å². The molecule has 0 aliphatic rings. The van der Waals surface area contributed by atoms with Crippen molar-refractivity contribution in [3.05, 3.63) is 35.9 Å². The van der Waals surface area contributed by atoms with Crippen LogP contribution in [0.3, 0.4) is 0 Å². The average Bonchev–Trinajstić information content (AvgIpc) is 2.34. The molecular weight excluding hydrogens is 244 g/mol. The molecule has 0 radical (unpaired) electrons. The van der Waals surface area contributed by atoms with Crippen molar-refractivity contribution in [1.29, 1.82) is 0 Å². The van der Waals surface area contributed by atoms with Crippen molar-refractivity contribution in [3.63, 3.8) is 0 Å². The molecular formula is C15H19ClN2. The normalized spacial score (nSPS) is 12.6. The molecule has 0 spiro atoms. The monoisotopic (exact) mass is 262 g/mol. The highest BCUT2D eigenvalue weighted by molar-refractivity contribution is 6.20.